The van der Waals surface area contributed by atoms with Crippen LogP contribution in [0.5, 0.6) is 0 Å². The van der Waals surface area contributed by atoms with E-state index in [1.54, 1.807) is 0 Å². The fraction of sp³-hybridized carbons (Fsp3) is 0.611. The number of benzene rings is 1. The van der Waals surface area contributed by atoms with Crippen LogP contribution in [0.1, 0.15) is 37.3 Å². The van der Waals surface area contributed by atoms with Gasteiger partial charge in [0, 0.05) is 18.8 Å². The van der Waals surface area contributed by atoms with Crippen molar-refractivity contribution in [3.8, 4) is 0 Å². The monoisotopic (exact) mass is 300 g/mol. The number of hydrogen-bond acceptors (Lipinski definition) is 2. The third-order valence-corrected chi connectivity index (χ3v) is 4.94. The number of likely N-dealkylation sites (tertiary alicyclic amines) is 1. The molecule has 1 saturated heterocycles. The number of rotatable bonds is 4. The Morgan fingerprint density at radius 3 is 3.05 bits per heavy atom. The van der Waals surface area contributed by atoms with Crippen LogP contribution in [0.2, 0.25) is 0 Å². The molecule has 3 N–H and O–H groups in total. The summed E-state index contributed by atoms with van der Waals surface area (Å²) < 4.78 is 0. The minimum absolute atomic E-state index is 0.548. The summed E-state index contributed by atoms with van der Waals surface area (Å²) in [6.07, 6.45) is 6.24. The summed E-state index contributed by atoms with van der Waals surface area (Å²) in [5.41, 5.74) is 10.1. The van der Waals surface area contributed by atoms with Gasteiger partial charge in [0.1, 0.15) is 0 Å². The van der Waals surface area contributed by atoms with Gasteiger partial charge in [0.2, 0.25) is 0 Å². The van der Waals surface area contributed by atoms with Crippen molar-refractivity contribution < 1.29 is 0 Å². The molecule has 0 radical (unpaired) electrons. The largest absolute Gasteiger partial charge is 0.370 e. The predicted octanol–water partition coefficient (Wildman–Crippen LogP) is 2.63. The molecule has 22 heavy (non-hydrogen) atoms. The summed E-state index contributed by atoms with van der Waals surface area (Å²) in [7, 11) is 0. The van der Waals surface area contributed by atoms with E-state index in [9.17, 15) is 0 Å². The van der Waals surface area contributed by atoms with Crippen molar-refractivity contribution >= 4 is 11.6 Å². The third kappa shape index (κ3) is 3.80. The van der Waals surface area contributed by atoms with E-state index in [4.69, 9.17) is 5.73 Å². The Morgan fingerprint density at radius 2 is 2.18 bits per heavy atom. The first-order valence-electron chi connectivity index (χ1n) is 8.65. The van der Waals surface area contributed by atoms with E-state index in [0.29, 0.717) is 11.9 Å². The summed E-state index contributed by atoms with van der Waals surface area (Å²) in [5.74, 6) is 1.20. The lowest BCUT2D eigenvalue weighted by atomic mass is 9.98. The Labute approximate surface area is 133 Å². The molecular formula is C18H28N4. The third-order valence-electron chi connectivity index (χ3n) is 4.94. The minimum Gasteiger partial charge on any atom is -0.370 e. The van der Waals surface area contributed by atoms with E-state index >= 15 is 0 Å². The number of fused-ring (bicyclic) bond motifs is 1. The molecule has 4 heteroatoms. The van der Waals surface area contributed by atoms with Crippen LogP contribution in [0.4, 0.5) is 5.69 Å². The molecule has 1 fully saturated rings. The van der Waals surface area contributed by atoms with Gasteiger partial charge in [-0.1, -0.05) is 13.0 Å². The van der Waals surface area contributed by atoms with Gasteiger partial charge in [0.05, 0.1) is 0 Å². The van der Waals surface area contributed by atoms with Gasteiger partial charge >= 0.3 is 0 Å². The van der Waals surface area contributed by atoms with E-state index < -0.39 is 0 Å². The second-order valence-corrected chi connectivity index (χ2v) is 6.59. The van der Waals surface area contributed by atoms with Crippen molar-refractivity contribution in [3.63, 3.8) is 0 Å². The smallest absolute Gasteiger partial charge is 0.193 e. The Balaban J connectivity index is 1.54. The van der Waals surface area contributed by atoms with Crippen molar-refractivity contribution in [2.45, 2.75) is 39.0 Å². The summed E-state index contributed by atoms with van der Waals surface area (Å²) in [6, 6.07) is 6.56. The highest BCUT2D eigenvalue weighted by Gasteiger charge is 2.18. The Hall–Kier alpha value is -1.55. The number of piperidine rings is 1. The fourth-order valence-electron chi connectivity index (χ4n) is 3.65. The molecule has 0 bridgehead atoms. The molecule has 1 aliphatic heterocycles. The van der Waals surface area contributed by atoms with Crippen molar-refractivity contribution in [1.82, 2.24) is 4.90 Å². The number of guanidine groups is 1. The number of nitrogens with two attached hydrogens (primary N) is 1. The number of nitrogens with zero attached hydrogens (tertiary/aromatic N) is 2. The van der Waals surface area contributed by atoms with E-state index in [1.807, 2.05) is 0 Å². The van der Waals surface area contributed by atoms with Crippen molar-refractivity contribution in [3.05, 3.63) is 29.3 Å². The Morgan fingerprint density at radius 1 is 1.32 bits per heavy atom. The quantitative estimate of drug-likeness (QED) is 0.664. The SMILES string of the molecule is CCN1CCCC(CN=C(N)Nc2ccc3c(c2)CCC3)C1. The van der Waals surface area contributed by atoms with Gasteiger partial charge < -0.3 is 16.0 Å². The number of hydrogen-bond donors (Lipinski definition) is 2. The summed E-state index contributed by atoms with van der Waals surface area (Å²) in [6.45, 7) is 6.60. The highest BCUT2D eigenvalue weighted by Crippen LogP contribution is 2.24. The maximum atomic E-state index is 6.06. The van der Waals surface area contributed by atoms with Crippen molar-refractivity contribution in [2.75, 3.05) is 31.5 Å². The summed E-state index contributed by atoms with van der Waals surface area (Å²) in [5, 5.41) is 3.25. The van der Waals surface area contributed by atoms with E-state index in [2.05, 4.69) is 40.3 Å². The second kappa shape index (κ2) is 7.14. The zero-order chi connectivity index (χ0) is 15.4. The zero-order valence-corrected chi connectivity index (χ0v) is 13.6. The van der Waals surface area contributed by atoms with Gasteiger partial charge in [0.15, 0.2) is 5.96 Å². The molecule has 1 aromatic carbocycles. The lowest BCUT2D eigenvalue weighted by molar-refractivity contribution is 0.187. The minimum atomic E-state index is 0.548. The molecule has 0 saturated carbocycles. The molecule has 1 aliphatic carbocycles. The van der Waals surface area contributed by atoms with Gasteiger partial charge in [-0.25, -0.2) is 0 Å². The van der Waals surface area contributed by atoms with Gasteiger partial charge in [-0.3, -0.25) is 4.99 Å². The van der Waals surface area contributed by atoms with Crippen LogP contribution in [0.15, 0.2) is 23.2 Å². The lowest BCUT2D eigenvalue weighted by Gasteiger charge is -2.30. The van der Waals surface area contributed by atoms with Gasteiger partial charge in [-0.2, -0.15) is 0 Å². The lowest BCUT2D eigenvalue weighted by Crippen LogP contribution is -2.36. The van der Waals surface area contributed by atoms with Crippen LogP contribution >= 0.6 is 0 Å². The van der Waals surface area contributed by atoms with E-state index in [0.717, 1.165) is 25.3 Å². The average molecular weight is 300 g/mol. The van der Waals surface area contributed by atoms with Gasteiger partial charge in [-0.15, -0.1) is 0 Å². The molecule has 1 atom stereocenters. The van der Waals surface area contributed by atoms with E-state index in [-0.39, 0.29) is 0 Å². The number of anilines is 1. The molecule has 0 spiro atoms. The first kappa shape index (κ1) is 15.3. The summed E-state index contributed by atoms with van der Waals surface area (Å²) in [4.78, 5) is 7.07. The first-order valence-corrected chi connectivity index (χ1v) is 8.65. The maximum absolute atomic E-state index is 6.06. The number of aliphatic imine (C=N–C) groups is 1. The van der Waals surface area contributed by atoms with Crippen LogP contribution in [0, 0.1) is 5.92 Å². The first-order chi connectivity index (χ1) is 10.7. The molecule has 0 aromatic heterocycles. The molecule has 1 unspecified atom stereocenters. The summed E-state index contributed by atoms with van der Waals surface area (Å²) >= 11 is 0. The van der Waals surface area contributed by atoms with Crippen LogP contribution in [-0.2, 0) is 12.8 Å². The predicted molar refractivity (Wildman–Crippen MR) is 93.4 cm³/mol. The Kier molecular flexibility index (Phi) is 4.98. The molecule has 120 valence electrons. The van der Waals surface area contributed by atoms with Crippen molar-refractivity contribution in [1.29, 1.82) is 0 Å². The van der Waals surface area contributed by atoms with Gasteiger partial charge in [0.25, 0.3) is 0 Å². The standard InChI is InChI=1S/C18H28N4/c1-2-22-10-4-5-14(13-22)12-20-18(19)21-17-9-8-15-6-3-7-16(15)11-17/h8-9,11,14H,2-7,10,12-13H2,1H3,(H3,19,20,21). The van der Waals surface area contributed by atoms with Crippen LogP contribution in [0.25, 0.3) is 0 Å². The normalized spacial score (nSPS) is 22.6. The van der Waals surface area contributed by atoms with E-state index in [1.165, 1.54) is 49.8 Å². The fourth-order valence-corrected chi connectivity index (χ4v) is 3.65. The topological polar surface area (TPSA) is 53.6 Å². The Bertz CT molecular complexity index is 538. The molecule has 2 aliphatic rings. The molecule has 4 nitrogen and oxygen atoms in total. The van der Waals surface area contributed by atoms with Crippen LogP contribution < -0.4 is 11.1 Å². The average Bonchev–Trinajstić information content (AvgIpc) is 3.01. The van der Waals surface area contributed by atoms with Crippen LogP contribution in [-0.4, -0.2) is 37.0 Å². The molecule has 3 rings (SSSR count). The highest BCUT2D eigenvalue weighted by molar-refractivity contribution is 5.92. The maximum Gasteiger partial charge on any atom is 0.193 e. The molecule has 1 aromatic rings. The van der Waals surface area contributed by atoms with Crippen molar-refractivity contribution in [2.24, 2.45) is 16.6 Å². The van der Waals surface area contributed by atoms with Crippen LogP contribution in [0.3, 0.4) is 0 Å². The zero-order valence-electron chi connectivity index (χ0n) is 13.6. The molecular weight excluding hydrogens is 272 g/mol. The highest BCUT2D eigenvalue weighted by atomic mass is 15.1. The molecule has 0 amide bonds. The second-order valence-electron chi connectivity index (χ2n) is 6.59. The number of nitrogens with one attached hydrogen (secondary N) is 1. The molecule has 1 heterocycles. The van der Waals surface area contributed by atoms with Gasteiger partial charge in [-0.05, 0) is 74.4 Å². The number of aryl methyl sites for hydroxylation is 2.